The number of aromatic nitrogens is 1. The van der Waals surface area contributed by atoms with Crippen molar-refractivity contribution in [2.45, 2.75) is 46.1 Å². The quantitative estimate of drug-likeness (QED) is 0.854. The maximum atomic E-state index is 11.8. The predicted molar refractivity (Wildman–Crippen MR) is 77.9 cm³/mol. The van der Waals surface area contributed by atoms with Gasteiger partial charge in [0.2, 0.25) is 5.91 Å². The van der Waals surface area contributed by atoms with Crippen LogP contribution in [0.15, 0.2) is 12.3 Å². The van der Waals surface area contributed by atoms with Crippen LogP contribution in [-0.2, 0) is 11.2 Å². The van der Waals surface area contributed by atoms with Crippen LogP contribution < -0.4 is 5.32 Å². The van der Waals surface area contributed by atoms with Crippen LogP contribution in [-0.4, -0.2) is 22.2 Å². The summed E-state index contributed by atoms with van der Waals surface area (Å²) < 4.78 is 6.79. The number of carbonyl (C=O) groups excluding carboxylic acids is 2. The van der Waals surface area contributed by atoms with E-state index in [1.165, 1.54) is 6.92 Å². The van der Waals surface area contributed by atoms with E-state index in [4.69, 9.17) is 4.74 Å². The molecule has 0 spiro atoms. The van der Waals surface area contributed by atoms with Gasteiger partial charge in [-0.1, -0.05) is 6.08 Å². The number of nitrogens with zero attached hydrogens (tertiary/aromatic N) is 1. The van der Waals surface area contributed by atoms with E-state index in [1.54, 1.807) is 10.8 Å². The summed E-state index contributed by atoms with van der Waals surface area (Å²) in [5, 5.41) is 2.73. The molecule has 0 bridgehead atoms. The fourth-order valence-electron chi connectivity index (χ4n) is 2.21. The fourth-order valence-corrected chi connectivity index (χ4v) is 2.21. The van der Waals surface area contributed by atoms with Crippen molar-refractivity contribution in [3.63, 3.8) is 0 Å². The Bertz CT molecular complexity index is 577. The van der Waals surface area contributed by atoms with Gasteiger partial charge in [0.05, 0.1) is 11.4 Å². The average Bonchev–Trinajstić information content (AvgIpc) is 2.66. The van der Waals surface area contributed by atoms with Crippen molar-refractivity contribution in [3.8, 4) is 0 Å². The van der Waals surface area contributed by atoms with Crippen molar-refractivity contribution in [2.24, 2.45) is 0 Å². The minimum atomic E-state index is -0.548. The van der Waals surface area contributed by atoms with Crippen molar-refractivity contribution in [3.05, 3.63) is 23.5 Å². The van der Waals surface area contributed by atoms with E-state index in [-0.39, 0.29) is 5.91 Å². The topological polar surface area (TPSA) is 60.3 Å². The molecule has 1 aliphatic carbocycles. The molecule has 1 amide bonds. The monoisotopic (exact) mass is 276 g/mol. The van der Waals surface area contributed by atoms with Gasteiger partial charge in [-0.05, 0) is 39.7 Å². The number of fused-ring (bicyclic) bond motifs is 1. The largest absolute Gasteiger partial charge is 0.444 e. The standard InChI is InChI=1S/C15H20N2O3/c1-10(18)17-9-12(11-7-5-6-8-13(11)17)16-14(19)20-15(2,3)4/h6,8-9H,5,7H2,1-4H3,(H,16,19). The first kappa shape index (κ1) is 14.4. The predicted octanol–water partition coefficient (Wildman–Crippen LogP) is 3.45. The first-order valence-corrected chi connectivity index (χ1v) is 6.69. The highest BCUT2D eigenvalue weighted by Gasteiger charge is 2.22. The van der Waals surface area contributed by atoms with Gasteiger partial charge in [0, 0.05) is 18.7 Å². The molecule has 5 heteroatoms. The number of carbonyl (C=O) groups is 2. The first-order valence-electron chi connectivity index (χ1n) is 6.69. The number of amides is 1. The molecule has 0 saturated carbocycles. The number of hydrogen-bond acceptors (Lipinski definition) is 3. The summed E-state index contributed by atoms with van der Waals surface area (Å²) >= 11 is 0. The Morgan fingerprint density at radius 2 is 2.05 bits per heavy atom. The number of rotatable bonds is 1. The van der Waals surface area contributed by atoms with E-state index in [2.05, 4.69) is 5.32 Å². The lowest BCUT2D eigenvalue weighted by molar-refractivity contribution is 0.0635. The van der Waals surface area contributed by atoms with Gasteiger partial charge >= 0.3 is 6.09 Å². The van der Waals surface area contributed by atoms with E-state index in [0.29, 0.717) is 5.69 Å². The van der Waals surface area contributed by atoms with Gasteiger partial charge in [-0.25, -0.2) is 4.79 Å². The molecule has 108 valence electrons. The molecule has 0 unspecified atom stereocenters. The van der Waals surface area contributed by atoms with E-state index in [0.717, 1.165) is 24.1 Å². The lowest BCUT2D eigenvalue weighted by atomic mass is 10.0. The zero-order valence-corrected chi connectivity index (χ0v) is 12.3. The van der Waals surface area contributed by atoms with Crippen LogP contribution in [0, 0.1) is 0 Å². The normalized spacial score (nSPS) is 13.8. The van der Waals surface area contributed by atoms with Crippen LogP contribution >= 0.6 is 0 Å². The molecule has 0 fully saturated rings. The molecule has 1 N–H and O–H groups in total. The molecule has 0 atom stereocenters. The highest BCUT2D eigenvalue weighted by molar-refractivity contribution is 5.90. The highest BCUT2D eigenvalue weighted by atomic mass is 16.6. The van der Waals surface area contributed by atoms with Crippen molar-refractivity contribution >= 4 is 23.8 Å². The third kappa shape index (κ3) is 3.10. The fraction of sp³-hybridized carbons (Fsp3) is 0.467. The van der Waals surface area contributed by atoms with E-state index in [9.17, 15) is 9.59 Å². The summed E-state index contributed by atoms with van der Waals surface area (Å²) in [6.45, 7) is 6.93. The van der Waals surface area contributed by atoms with E-state index in [1.807, 2.05) is 32.9 Å². The Hall–Kier alpha value is -2.04. The smallest absolute Gasteiger partial charge is 0.412 e. The summed E-state index contributed by atoms with van der Waals surface area (Å²) in [4.78, 5) is 23.5. The van der Waals surface area contributed by atoms with Crippen LogP contribution in [0.25, 0.3) is 6.08 Å². The van der Waals surface area contributed by atoms with Gasteiger partial charge < -0.3 is 4.74 Å². The molecule has 0 aromatic carbocycles. The summed E-state index contributed by atoms with van der Waals surface area (Å²) in [7, 11) is 0. The van der Waals surface area contributed by atoms with Crippen molar-refractivity contribution < 1.29 is 14.3 Å². The lowest BCUT2D eigenvalue weighted by Gasteiger charge is -2.19. The Labute approximate surface area is 118 Å². The maximum absolute atomic E-state index is 11.8. The highest BCUT2D eigenvalue weighted by Crippen LogP contribution is 2.29. The molecule has 1 aromatic heterocycles. The van der Waals surface area contributed by atoms with Gasteiger partial charge in [0.1, 0.15) is 5.60 Å². The molecule has 1 aromatic rings. The lowest BCUT2D eigenvalue weighted by Crippen LogP contribution is -2.27. The van der Waals surface area contributed by atoms with Gasteiger partial charge in [0.15, 0.2) is 0 Å². The van der Waals surface area contributed by atoms with Gasteiger partial charge in [-0.15, -0.1) is 0 Å². The van der Waals surface area contributed by atoms with Crippen LogP contribution in [0.5, 0.6) is 0 Å². The Kier molecular flexibility index (Phi) is 3.70. The van der Waals surface area contributed by atoms with Gasteiger partial charge in [0.25, 0.3) is 0 Å². The molecule has 1 aliphatic rings. The summed E-state index contributed by atoms with van der Waals surface area (Å²) in [5.74, 6) is -0.0787. The SMILES string of the molecule is CC(=O)n1cc(NC(=O)OC(C)(C)C)c2c1C=CCC2. The number of anilines is 1. The number of ether oxygens (including phenoxy) is 1. The zero-order chi connectivity index (χ0) is 14.9. The summed E-state index contributed by atoms with van der Waals surface area (Å²) in [5.41, 5.74) is 1.92. The van der Waals surface area contributed by atoms with Crippen molar-refractivity contribution in [1.82, 2.24) is 4.57 Å². The Morgan fingerprint density at radius 3 is 2.65 bits per heavy atom. The summed E-state index contributed by atoms with van der Waals surface area (Å²) in [6.07, 6.45) is 6.80. The average molecular weight is 276 g/mol. The first-order chi connectivity index (χ1) is 9.28. The molecule has 2 rings (SSSR count). The van der Waals surface area contributed by atoms with Crippen LogP contribution in [0.4, 0.5) is 10.5 Å². The van der Waals surface area contributed by atoms with E-state index >= 15 is 0 Å². The third-order valence-corrected chi connectivity index (χ3v) is 2.96. The number of allylic oxidation sites excluding steroid dienone is 1. The second kappa shape index (κ2) is 5.15. The second-order valence-corrected chi connectivity index (χ2v) is 5.86. The number of hydrogen-bond donors (Lipinski definition) is 1. The Balaban J connectivity index is 2.27. The van der Waals surface area contributed by atoms with Crippen molar-refractivity contribution in [1.29, 1.82) is 0 Å². The molecule has 0 aliphatic heterocycles. The molecule has 1 heterocycles. The van der Waals surface area contributed by atoms with Crippen LogP contribution in [0.3, 0.4) is 0 Å². The second-order valence-electron chi connectivity index (χ2n) is 5.86. The molecular weight excluding hydrogens is 256 g/mol. The molecule has 0 saturated heterocycles. The minimum absolute atomic E-state index is 0.0787. The molecule has 5 nitrogen and oxygen atoms in total. The van der Waals surface area contributed by atoms with Gasteiger partial charge in [-0.2, -0.15) is 0 Å². The Morgan fingerprint density at radius 1 is 1.35 bits per heavy atom. The van der Waals surface area contributed by atoms with Crippen LogP contribution in [0.1, 0.15) is 50.2 Å². The molecule has 20 heavy (non-hydrogen) atoms. The minimum Gasteiger partial charge on any atom is -0.444 e. The van der Waals surface area contributed by atoms with E-state index < -0.39 is 11.7 Å². The third-order valence-electron chi connectivity index (χ3n) is 2.96. The van der Waals surface area contributed by atoms with Crippen molar-refractivity contribution in [2.75, 3.05) is 5.32 Å². The van der Waals surface area contributed by atoms with Crippen LogP contribution in [0.2, 0.25) is 0 Å². The maximum Gasteiger partial charge on any atom is 0.412 e. The van der Waals surface area contributed by atoms with Gasteiger partial charge in [-0.3, -0.25) is 14.7 Å². The molecule has 0 radical (unpaired) electrons. The molecular formula is C15H20N2O3. The number of nitrogens with one attached hydrogen (secondary N) is 1. The summed E-state index contributed by atoms with van der Waals surface area (Å²) in [6, 6.07) is 0. The zero-order valence-electron chi connectivity index (χ0n) is 12.3.